The Morgan fingerprint density at radius 1 is 1.26 bits per heavy atom. The van der Waals surface area contributed by atoms with Gasteiger partial charge in [0.1, 0.15) is 5.75 Å². The molecule has 19 heavy (non-hydrogen) atoms. The van der Waals surface area contributed by atoms with Crippen LogP contribution in [0.25, 0.3) is 0 Å². The Kier molecular flexibility index (Phi) is 4.04. The van der Waals surface area contributed by atoms with Crippen LogP contribution in [0.3, 0.4) is 0 Å². The molecule has 1 saturated carbocycles. The van der Waals surface area contributed by atoms with Crippen molar-refractivity contribution in [1.29, 1.82) is 0 Å². The molecule has 1 atom stereocenters. The molecule has 1 aromatic carbocycles. The molecule has 1 heterocycles. The van der Waals surface area contributed by atoms with E-state index in [1.165, 1.54) is 18.4 Å². The fourth-order valence-electron chi connectivity index (χ4n) is 3.13. The Hall–Kier alpha value is -1.06. The van der Waals surface area contributed by atoms with E-state index in [0.29, 0.717) is 6.04 Å². The molecule has 1 saturated heterocycles. The van der Waals surface area contributed by atoms with Gasteiger partial charge in [0.15, 0.2) is 0 Å². The van der Waals surface area contributed by atoms with Crippen molar-refractivity contribution < 1.29 is 4.74 Å². The summed E-state index contributed by atoms with van der Waals surface area (Å²) in [4.78, 5) is 2.64. The number of piperazine rings is 1. The molecule has 3 rings (SSSR count). The lowest BCUT2D eigenvalue weighted by atomic mass is 9.98. The van der Waals surface area contributed by atoms with Gasteiger partial charge < -0.3 is 10.1 Å². The van der Waals surface area contributed by atoms with Crippen LogP contribution in [0.4, 0.5) is 0 Å². The van der Waals surface area contributed by atoms with Crippen LogP contribution >= 0.6 is 0 Å². The van der Waals surface area contributed by atoms with Gasteiger partial charge in [0.2, 0.25) is 0 Å². The number of ether oxygens (including phenoxy) is 1. The minimum Gasteiger partial charge on any atom is -0.494 e. The molecule has 104 valence electrons. The highest BCUT2D eigenvalue weighted by molar-refractivity contribution is 5.37. The first kappa shape index (κ1) is 12.9. The van der Waals surface area contributed by atoms with Crippen molar-refractivity contribution in [1.82, 2.24) is 10.2 Å². The number of hydrogen-bond acceptors (Lipinski definition) is 3. The molecule has 0 amide bonds. The van der Waals surface area contributed by atoms with Crippen molar-refractivity contribution in [2.24, 2.45) is 5.92 Å². The van der Waals surface area contributed by atoms with Gasteiger partial charge in [-0.15, -0.1) is 0 Å². The summed E-state index contributed by atoms with van der Waals surface area (Å²) < 4.78 is 5.84. The van der Waals surface area contributed by atoms with E-state index in [9.17, 15) is 0 Å². The first-order valence-electron chi connectivity index (χ1n) is 7.56. The second-order valence-electron chi connectivity index (χ2n) is 5.54. The second-order valence-corrected chi connectivity index (χ2v) is 5.54. The second kappa shape index (κ2) is 5.93. The van der Waals surface area contributed by atoms with Crippen LogP contribution < -0.4 is 10.1 Å². The zero-order chi connectivity index (χ0) is 13.1. The van der Waals surface area contributed by atoms with Gasteiger partial charge in [0.25, 0.3) is 0 Å². The van der Waals surface area contributed by atoms with Crippen molar-refractivity contribution in [3.05, 3.63) is 29.8 Å². The van der Waals surface area contributed by atoms with Gasteiger partial charge in [0, 0.05) is 37.8 Å². The van der Waals surface area contributed by atoms with E-state index in [-0.39, 0.29) is 0 Å². The van der Waals surface area contributed by atoms with Crippen LogP contribution in [0, 0.1) is 5.92 Å². The third-order valence-electron chi connectivity index (χ3n) is 4.15. The lowest BCUT2D eigenvalue weighted by molar-refractivity contribution is 0.152. The zero-order valence-corrected chi connectivity index (χ0v) is 11.8. The van der Waals surface area contributed by atoms with Crippen LogP contribution in [-0.2, 0) is 0 Å². The van der Waals surface area contributed by atoms with Crippen molar-refractivity contribution in [2.45, 2.75) is 25.8 Å². The lowest BCUT2D eigenvalue weighted by Gasteiger charge is -2.36. The molecular formula is C16H24N2O. The van der Waals surface area contributed by atoms with Gasteiger partial charge in [-0.05, 0) is 31.7 Å². The third-order valence-corrected chi connectivity index (χ3v) is 4.15. The molecule has 3 heteroatoms. The van der Waals surface area contributed by atoms with Crippen molar-refractivity contribution in [3.63, 3.8) is 0 Å². The fraction of sp³-hybridized carbons (Fsp3) is 0.625. The predicted octanol–water partition coefficient (Wildman–Crippen LogP) is 2.44. The molecule has 0 aromatic heterocycles. The van der Waals surface area contributed by atoms with Crippen LogP contribution in [-0.4, -0.2) is 37.7 Å². The van der Waals surface area contributed by atoms with Crippen LogP contribution in [0.1, 0.15) is 31.4 Å². The first-order chi connectivity index (χ1) is 9.40. The summed E-state index contributed by atoms with van der Waals surface area (Å²) >= 11 is 0. The average Bonchev–Trinajstić information content (AvgIpc) is 3.27. The number of nitrogens with zero attached hydrogens (tertiary/aromatic N) is 1. The van der Waals surface area contributed by atoms with Crippen molar-refractivity contribution in [2.75, 3.05) is 32.8 Å². The number of benzene rings is 1. The number of para-hydroxylation sites is 1. The van der Waals surface area contributed by atoms with E-state index in [2.05, 4.69) is 41.4 Å². The van der Waals surface area contributed by atoms with Crippen LogP contribution in [0.5, 0.6) is 5.75 Å². The van der Waals surface area contributed by atoms with Crippen molar-refractivity contribution in [3.8, 4) is 5.75 Å². The Morgan fingerprint density at radius 3 is 2.68 bits per heavy atom. The Balaban J connectivity index is 1.86. The summed E-state index contributed by atoms with van der Waals surface area (Å²) in [5.41, 5.74) is 1.40. The first-order valence-corrected chi connectivity index (χ1v) is 7.56. The normalized spacial score (nSPS) is 22.2. The van der Waals surface area contributed by atoms with E-state index in [0.717, 1.165) is 44.5 Å². The molecule has 3 nitrogen and oxygen atoms in total. The minimum atomic E-state index is 0.560. The summed E-state index contributed by atoms with van der Waals surface area (Å²) in [5, 5.41) is 3.45. The molecule has 0 bridgehead atoms. The number of hydrogen-bond donors (Lipinski definition) is 1. The van der Waals surface area contributed by atoms with Gasteiger partial charge in [0.05, 0.1) is 6.61 Å². The summed E-state index contributed by atoms with van der Waals surface area (Å²) in [7, 11) is 0. The van der Waals surface area contributed by atoms with Gasteiger partial charge in [-0.3, -0.25) is 4.90 Å². The smallest absolute Gasteiger partial charge is 0.124 e. The highest BCUT2D eigenvalue weighted by Crippen LogP contribution is 2.46. The monoisotopic (exact) mass is 260 g/mol. The van der Waals surface area contributed by atoms with E-state index < -0.39 is 0 Å². The topological polar surface area (TPSA) is 24.5 Å². The fourth-order valence-corrected chi connectivity index (χ4v) is 3.13. The molecule has 0 unspecified atom stereocenters. The van der Waals surface area contributed by atoms with E-state index in [1.54, 1.807) is 0 Å². The summed E-state index contributed by atoms with van der Waals surface area (Å²) in [5.74, 6) is 1.92. The standard InChI is InChI=1S/C16H24N2O/c1-2-19-15-6-4-3-5-14(15)16(13-7-8-13)18-11-9-17-10-12-18/h3-6,13,16-17H,2,7-12H2,1H3/t16-/m0/s1. The number of nitrogens with one attached hydrogen (secondary N) is 1. The zero-order valence-electron chi connectivity index (χ0n) is 11.8. The molecule has 1 aliphatic carbocycles. The van der Waals surface area contributed by atoms with Gasteiger partial charge in [-0.25, -0.2) is 0 Å². The molecule has 1 aromatic rings. The quantitative estimate of drug-likeness (QED) is 0.880. The third kappa shape index (κ3) is 2.93. The maximum atomic E-state index is 5.84. The Bertz CT molecular complexity index is 411. The van der Waals surface area contributed by atoms with Gasteiger partial charge in [-0.1, -0.05) is 18.2 Å². The maximum absolute atomic E-state index is 5.84. The lowest BCUT2D eigenvalue weighted by Crippen LogP contribution is -2.45. The minimum absolute atomic E-state index is 0.560. The Morgan fingerprint density at radius 2 is 2.00 bits per heavy atom. The van der Waals surface area contributed by atoms with Crippen molar-refractivity contribution >= 4 is 0 Å². The molecule has 1 aliphatic heterocycles. The number of rotatable bonds is 5. The molecule has 0 radical (unpaired) electrons. The van der Waals surface area contributed by atoms with Crippen LogP contribution in [0.2, 0.25) is 0 Å². The maximum Gasteiger partial charge on any atom is 0.124 e. The van der Waals surface area contributed by atoms with E-state index >= 15 is 0 Å². The SMILES string of the molecule is CCOc1ccccc1[C@H](C1CC1)N1CCNCC1. The molecular weight excluding hydrogens is 236 g/mol. The van der Waals surface area contributed by atoms with E-state index in [1.807, 2.05) is 0 Å². The van der Waals surface area contributed by atoms with E-state index in [4.69, 9.17) is 4.74 Å². The Labute approximate surface area is 115 Å². The summed E-state index contributed by atoms with van der Waals surface area (Å²) in [6.45, 7) is 7.34. The summed E-state index contributed by atoms with van der Waals surface area (Å²) in [6, 6.07) is 9.17. The summed E-state index contributed by atoms with van der Waals surface area (Å²) in [6.07, 6.45) is 2.74. The van der Waals surface area contributed by atoms with Gasteiger partial charge in [-0.2, -0.15) is 0 Å². The molecule has 2 aliphatic rings. The largest absolute Gasteiger partial charge is 0.494 e. The van der Waals surface area contributed by atoms with Gasteiger partial charge >= 0.3 is 0 Å². The van der Waals surface area contributed by atoms with Crippen LogP contribution in [0.15, 0.2) is 24.3 Å². The highest BCUT2D eigenvalue weighted by atomic mass is 16.5. The molecule has 0 spiro atoms. The average molecular weight is 260 g/mol. The molecule has 2 fully saturated rings. The predicted molar refractivity (Wildman–Crippen MR) is 77.5 cm³/mol. The highest BCUT2D eigenvalue weighted by Gasteiger charge is 2.38. The molecule has 1 N–H and O–H groups in total.